The van der Waals surface area contributed by atoms with E-state index in [1.807, 2.05) is 13.8 Å². The van der Waals surface area contributed by atoms with Crippen LogP contribution in [0.25, 0.3) is 0 Å². The maximum Gasteiger partial charge on any atom is 0.147 e. The molecule has 1 heterocycles. The van der Waals surface area contributed by atoms with Gasteiger partial charge in [-0.15, -0.1) is 11.8 Å². The lowest BCUT2D eigenvalue weighted by atomic mass is 10.1. The highest BCUT2D eigenvalue weighted by molar-refractivity contribution is 9.10. The Labute approximate surface area is 135 Å². The Bertz CT molecular complexity index is 622. The Hall–Kier alpha value is -0.650. The molecule has 1 aromatic carbocycles. The van der Waals surface area contributed by atoms with Crippen LogP contribution in [0, 0.1) is 5.82 Å². The fraction of sp³-hybridized carbons (Fsp3) is 0.286. The van der Waals surface area contributed by atoms with Crippen molar-refractivity contribution in [2.75, 3.05) is 0 Å². The smallest absolute Gasteiger partial charge is 0.147 e. The number of thioether (sulfide) groups is 1. The summed E-state index contributed by atoms with van der Waals surface area (Å²) < 4.78 is 14.3. The Kier molecular flexibility index (Phi) is 5.41. The van der Waals surface area contributed by atoms with Crippen LogP contribution in [-0.4, -0.2) is 9.97 Å². The molecule has 20 heavy (non-hydrogen) atoms. The van der Waals surface area contributed by atoms with Gasteiger partial charge in [0.25, 0.3) is 0 Å². The van der Waals surface area contributed by atoms with E-state index in [1.165, 1.54) is 17.8 Å². The van der Waals surface area contributed by atoms with Gasteiger partial charge in [0.15, 0.2) is 0 Å². The molecule has 0 aliphatic rings. The first-order chi connectivity index (χ1) is 9.49. The van der Waals surface area contributed by atoms with E-state index in [1.54, 1.807) is 18.2 Å². The van der Waals surface area contributed by atoms with Crippen LogP contribution < -0.4 is 0 Å². The van der Waals surface area contributed by atoms with Crippen LogP contribution in [0.15, 0.2) is 33.6 Å². The van der Waals surface area contributed by atoms with E-state index in [-0.39, 0.29) is 11.7 Å². The molecule has 0 saturated heterocycles. The van der Waals surface area contributed by atoms with Gasteiger partial charge in [-0.25, -0.2) is 14.4 Å². The minimum atomic E-state index is -0.232. The maximum atomic E-state index is 13.5. The third kappa shape index (κ3) is 3.71. The molecule has 6 heteroatoms. The SMILES string of the molecule is CC(C)c1nc(CSc2ccccc2F)nc(Cl)c1Br. The average Bonchev–Trinajstić information content (AvgIpc) is 2.41. The van der Waals surface area contributed by atoms with E-state index in [9.17, 15) is 4.39 Å². The zero-order valence-electron chi connectivity index (χ0n) is 11.0. The summed E-state index contributed by atoms with van der Waals surface area (Å²) >= 11 is 10.9. The minimum absolute atomic E-state index is 0.232. The highest BCUT2D eigenvalue weighted by Gasteiger charge is 2.14. The molecule has 0 radical (unpaired) electrons. The van der Waals surface area contributed by atoms with Crippen molar-refractivity contribution < 1.29 is 4.39 Å². The van der Waals surface area contributed by atoms with Gasteiger partial charge in [0.05, 0.1) is 15.9 Å². The van der Waals surface area contributed by atoms with Crippen LogP contribution in [0.4, 0.5) is 4.39 Å². The third-order valence-electron chi connectivity index (χ3n) is 2.62. The molecule has 0 unspecified atom stereocenters. The summed E-state index contributed by atoms with van der Waals surface area (Å²) in [5, 5.41) is 0.396. The van der Waals surface area contributed by atoms with Crippen molar-refractivity contribution in [3.05, 3.63) is 51.2 Å². The van der Waals surface area contributed by atoms with E-state index < -0.39 is 0 Å². The van der Waals surface area contributed by atoms with E-state index in [0.717, 1.165) is 10.2 Å². The van der Waals surface area contributed by atoms with Crippen molar-refractivity contribution in [2.45, 2.75) is 30.4 Å². The van der Waals surface area contributed by atoms with E-state index in [4.69, 9.17) is 11.6 Å². The molecule has 0 aliphatic heterocycles. The van der Waals surface area contributed by atoms with Crippen molar-refractivity contribution in [3.8, 4) is 0 Å². The van der Waals surface area contributed by atoms with Gasteiger partial charge in [0, 0.05) is 4.90 Å². The van der Waals surface area contributed by atoms with Crippen LogP contribution >= 0.6 is 39.3 Å². The quantitative estimate of drug-likeness (QED) is 0.525. The average molecular weight is 376 g/mol. The van der Waals surface area contributed by atoms with Gasteiger partial charge in [-0.3, -0.25) is 0 Å². The van der Waals surface area contributed by atoms with E-state index in [2.05, 4.69) is 25.9 Å². The zero-order valence-corrected chi connectivity index (χ0v) is 14.2. The monoisotopic (exact) mass is 374 g/mol. The zero-order chi connectivity index (χ0) is 14.7. The Morgan fingerprint density at radius 3 is 2.65 bits per heavy atom. The second-order valence-electron chi connectivity index (χ2n) is 4.50. The van der Waals surface area contributed by atoms with Gasteiger partial charge >= 0.3 is 0 Å². The fourth-order valence-corrected chi connectivity index (χ4v) is 3.26. The fourth-order valence-electron chi connectivity index (χ4n) is 1.63. The van der Waals surface area contributed by atoms with Crippen molar-refractivity contribution >= 4 is 39.3 Å². The predicted molar refractivity (Wildman–Crippen MR) is 84.8 cm³/mol. The van der Waals surface area contributed by atoms with E-state index in [0.29, 0.717) is 21.6 Å². The van der Waals surface area contributed by atoms with Gasteiger partial charge in [-0.1, -0.05) is 37.6 Å². The number of hydrogen-bond donors (Lipinski definition) is 0. The Morgan fingerprint density at radius 1 is 1.30 bits per heavy atom. The lowest BCUT2D eigenvalue weighted by molar-refractivity contribution is 0.602. The molecule has 0 N–H and O–H groups in total. The molecule has 2 nitrogen and oxygen atoms in total. The molecular formula is C14H13BrClFN2S. The molecule has 2 rings (SSSR count). The first-order valence-electron chi connectivity index (χ1n) is 6.08. The lowest BCUT2D eigenvalue weighted by Crippen LogP contribution is -2.02. The largest absolute Gasteiger partial charge is 0.235 e. The van der Waals surface area contributed by atoms with Crippen molar-refractivity contribution in [3.63, 3.8) is 0 Å². The van der Waals surface area contributed by atoms with Crippen LogP contribution in [0.2, 0.25) is 5.15 Å². The Balaban J connectivity index is 2.20. The second kappa shape index (κ2) is 6.87. The molecule has 2 aromatic rings. The van der Waals surface area contributed by atoms with Gasteiger partial charge in [-0.05, 0) is 34.0 Å². The third-order valence-corrected chi connectivity index (χ3v) is 4.95. The van der Waals surface area contributed by atoms with Gasteiger partial charge in [-0.2, -0.15) is 0 Å². The summed E-state index contributed by atoms with van der Waals surface area (Å²) in [6.45, 7) is 4.08. The van der Waals surface area contributed by atoms with Crippen molar-refractivity contribution in [2.24, 2.45) is 0 Å². The number of nitrogens with zero attached hydrogens (tertiary/aromatic N) is 2. The highest BCUT2D eigenvalue weighted by atomic mass is 79.9. The molecule has 0 amide bonds. The normalized spacial score (nSPS) is 11.1. The first kappa shape index (κ1) is 15.7. The number of benzene rings is 1. The molecule has 0 atom stereocenters. The summed E-state index contributed by atoms with van der Waals surface area (Å²) in [7, 11) is 0. The summed E-state index contributed by atoms with van der Waals surface area (Å²) in [6, 6.07) is 6.66. The molecular weight excluding hydrogens is 363 g/mol. The number of aromatic nitrogens is 2. The maximum absolute atomic E-state index is 13.5. The second-order valence-corrected chi connectivity index (χ2v) is 6.67. The number of halogens is 3. The minimum Gasteiger partial charge on any atom is -0.235 e. The molecule has 0 fully saturated rings. The van der Waals surface area contributed by atoms with Gasteiger partial charge < -0.3 is 0 Å². The van der Waals surface area contributed by atoms with Gasteiger partial charge in [0.2, 0.25) is 0 Å². The van der Waals surface area contributed by atoms with Crippen LogP contribution in [0.5, 0.6) is 0 Å². The highest BCUT2D eigenvalue weighted by Crippen LogP contribution is 2.30. The summed E-state index contributed by atoms with van der Waals surface area (Å²) in [5.41, 5.74) is 0.870. The standard InChI is InChI=1S/C14H13BrClFN2S/c1-8(2)13-12(15)14(16)19-11(18-13)7-20-10-6-4-3-5-9(10)17/h3-6,8H,7H2,1-2H3. The summed E-state index contributed by atoms with van der Waals surface area (Å²) in [6.07, 6.45) is 0. The summed E-state index contributed by atoms with van der Waals surface area (Å²) in [5.74, 6) is 1.09. The Morgan fingerprint density at radius 2 is 2.00 bits per heavy atom. The molecule has 0 saturated carbocycles. The topological polar surface area (TPSA) is 25.8 Å². The van der Waals surface area contributed by atoms with Crippen molar-refractivity contribution in [1.29, 1.82) is 0 Å². The summed E-state index contributed by atoms with van der Waals surface area (Å²) in [4.78, 5) is 9.30. The number of hydrogen-bond acceptors (Lipinski definition) is 3. The first-order valence-corrected chi connectivity index (χ1v) is 8.24. The number of rotatable bonds is 4. The molecule has 0 spiro atoms. The predicted octanol–water partition coefficient (Wildman–Crippen LogP) is 5.45. The van der Waals surface area contributed by atoms with Crippen LogP contribution in [0.3, 0.4) is 0 Å². The molecule has 106 valence electrons. The van der Waals surface area contributed by atoms with E-state index >= 15 is 0 Å². The van der Waals surface area contributed by atoms with Crippen molar-refractivity contribution in [1.82, 2.24) is 9.97 Å². The van der Waals surface area contributed by atoms with Crippen LogP contribution in [-0.2, 0) is 5.75 Å². The molecule has 0 bridgehead atoms. The van der Waals surface area contributed by atoms with Gasteiger partial charge in [0.1, 0.15) is 16.8 Å². The lowest BCUT2D eigenvalue weighted by Gasteiger charge is -2.10. The molecule has 1 aromatic heterocycles. The molecule has 0 aliphatic carbocycles. The van der Waals surface area contributed by atoms with Crippen LogP contribution in [0.1, 0.15) is 31.3 Å².